The van der Waals surface area contributed by atoms with Crippen LogP contribution in [0, 0.1) is 16.0 Å². The maximum Gasteiger partial charge on any atom is 0.300 e. The number of rotatable bonds is 3. The van der Waals surface area contributed by atoms with Crippen LogP contribution < -0.4 is 0 Å². The van der Waals surface area contributed by atoms with Gasteiger partial charge in [0.05, 0.1) is 4.92 Å². The zero-order valence-electron chi connectivity index (χ0n) is 12.2. The lowest BCUT2D eigenvalue weighted by atomic mass is 9.86. The van der Waals surface area contributed by atoms with E-state index >= 15 is 0 Å². The number of nitro groups is 1. The fraction of sp³-hybridized carbons (Fsp3) is 0.533. The van der Waals surface area contributed by atoms with Gasteiger partial charge in [0.25, 0.3) is 5.91 Å². The summed E-state index contributed by atoms with van der Waals surface area (Å²) < 4.78 is 0. The summed E-state index contributed by atoms with van der Waals surface area (Å²) in [5.74, 6) is 0.356. The maximum absolute atomic E-state index is 12.6. The summed E-state index contributed by atoms with van der Waals surface area (Å²) in [7, 11) is 1.72. The van der Waals surface area contributed by atoms with Crippen molar-refractivity contribution in [2.24, 2.45) is 5.92 Å². The predicted molar refractivity (Wildman–Crippen MR) is 81.6 cm³/mol. The average molecular weight is 311 g/mol. The molecule has 1 aromatic rings. The van der Waals surface area contributed by atoms with Crippen molar-refractivity contribution in [3.63, 3.8) is 0 Å². The van der Waals surface area contributed by atoms with Crippen molar-refractivity contribution in [1.29, 1.82) is 0 Å². The smallest absolute Gasteiger partial charge is 0.300 e. The third kappa shape index (κ3) is 3.35. The number of carbonyl (C=O) groups is 1. The first-order valence-corrected chi connectivity index (χ1v) is 7.49. The van der Waals surface area contributed by atoms with Crippen molar-refractivity contribution in [2.45, 2.75) is 38.6 Å². The highest BCUT2D eigenvalue weighted by atomic mass is 35.5. The first kappa shape index (κ1) is 15.8. The number of hydrogen-bond acceptors (Lipinski definition) is 3. The molecular weight excluding hydrogens is 292 g/mol. The molecule has 1 aliphatic carbocycles. The third-order valence-electron chi connectivity index (χ3n) is 4.25. The van der Waals surface area contributed by atoms with Gasteiger partial charge in [0.1, 0.15) is 10.6 Å². The highest BCUT2D eigenvalue weighted by Gasteiger charge is 2.30. The van der Waals surface area contributed by atoms with Crippen molar-refractivity contribution in [1.82, 2.24) is 4.90 Å². The lowest BCUT2D eigenvalue weighted by molar-refractivity contribution is -0.385. The van der Waals surface area contributed by atoms with Crippen LogP contribution >= 0.6 is 11.6 Å². The van der Waals surface area contributed by atoms with Gasteiger partial charge in [-0.1, -0.05) is 24.6 Å². The number of nitrogens with zero attached hydrogens (tertiary/aromatic N) is 2. The minimum atomic E-state index is -0.591. The van der Waals surface area contributed by atoms with Crippen LogP contribution in [0.1, 0.15) is 43.0 Å². The van der Waals surface area contributed by atoms with Crippen LogP contribution in [0.15, 0.2) is 18.2 Å². The molecule has 6 heteroatoms. The molecule has 1 aliphatic rings. The van der Waals surface area contributed by atoms with Crippen molar-refractivity contribution in [2.75, 3.05) is 7.05 Å². The SMILES string of the molecule is CC1CCC(N(C)C(=O)c2cccc(Cl)c2[N+](=O)[O-])CC1. The minimum absolute atomic E-state index is 0.00323. The molecule has 0 spiro atoms. The Morgan fingerprint density at radius 2 is 1.95 bits per heavy atom. The molecule has 0 atom stereocenters. The molecule has 1 amide bonds. The molecule has 0 aliphatic heterocycles. The van der Waals surface area contributed by atoms with Crippen LogP contribution in [-0.4, -0.2) is 28.8 Å². The molecule has 0 N–H and O–H groups in total. The van der Waals surface area contributed by atoms with Gasteiger partial charge in [-0.2, -0.15) is 0 Å². The van der Waals surface area contributed by atoms with Crippen LogP contribution in [0.4, 0.5) is 5.69 Å². The van der Waals surface area contributed by atoms with E-state index in [2.05, 4.69) is 6.92 Å². The molecule has 5 nitrogen and oxygen atoms in total. The van der Waals surface area contributed by atoms with E-state index in [9.17, 15) is 14.9 Å². The molecule has 21 heavy (non-hydrogen) atoms. The third-order valence-corrected chi connectivity index (χ3v) is 4.56. The molecule has 1 saturated carbocycles. The van der Waals surface area contributed by atoms with Gasteiger partial charge >= 0.3 is 5.69 Å². The van der Waals surface area contributed by atoms with Crippen LogP contribution in [0.25, 0.3) is 0 Å². The molecule has 0 aromatic heterocycles. The quantitative estimate of drug-likeness (QED) is 0.628. The van der Waals surface area contributed by atoms with E-state index < -0.39 is 4.92 Å². The molecule has 0 radical (unpaired) electrons. The predicted octanol–water partition coefficient (Wildman–Crippen LogP) is 3.90. The standard InChI is InChI=1S/C15H19ClN2O3/c1-10-6-8-11(9-7-10)17(2)15(19)12-4-3-5-13(16)14(12)18(20)21/h3-5,10-11H,6-9H2,1-2H3. The molecule has 114 valence electrons. The van der Waals surface area contributed by atoms with Crippen molar-refractivity contribution < 1.29 is 9.72 Å². The van der Waals surface area contributed by atoms with Gasteiger partial charge in [-0.3, -0.25) is 14.9 Å². The van der Waals surface area contributed by atoms with Gasteiger partial charge in [-0.05, 0) is 43.7 Å². The number of benzene rings is 1. The summed E-state index contributed by atoms with van der Waals surface area (Å²) in [5, 5.41) is 11.1. The van der Waals surface area contributed by atoms with Gasteiger partial charge in [-0.15, -0.1) is 0 Å². The number of halogens is 1. The molecule has 1 aromatic carbocycles. The highest BCUT2D eigenvalue weighted by molar-refractivity contribution is 6.33. The second-order valence-corrected chi connectivity index (χ2v) is 6.13. The van der Waals surface area contributed by atoms with E-state index in [1.807, 2.05) is 0 Å². The molecule has 0 bridgehead atoms. The Morgan fingerprint density at radius 3 is 2.52 bits per heavy atom. The minimum Gasteiger partial charge on any atom is -0.339 e. The zero-order valence-corrected chi connectivity index (χ0v) is 13.0. The number of para-hydroxylation sites is 1. The van der Waals surface area contributed by atoms with Crippen molar-refractivity contribution >= 4 is 23.2 Å². The first-order chi connectivity index (χ1) is 9.91. The molecule has 0 saturated heterocycles. The Balaban J connectivity index is 2.24. The highest BCUT2D eigenvalue weighted by Crippen LogP contribution is 2.31. The molecule has 1 fully saturated rings. The Kier molecular flexibility index (Phi) is 4.83. The van der Waals surface area contributed by atoms with Crippen LogP contribution in [0.2, 0.25) is 5.02 Å². The second kappa shape index (κ2) is 6.43. The second-order valence-electron chi connectivity index (χ2n) is 5.72. The van der Waals surface area contributed by atoms with E-state index in [-0.39, 0.29) is 28.2 Å². The van der Waals surface area contributed by atoms with Crippen molar-refractivity contribution in [3.8, 4) is 0 Å². The van der Waals surface area contributed by atoms with E-state index in [0.717, 1.165) is 25.7 Å². The maximum atomic E-state index is 12.6. The van der Waals surface area contributed by atoms with Gasteiger partial charge in [0, 0.05) is 13.1 Å². The summed E-state index contributed by atoms with van der Waals surface area (Å²) in [6.45, 7) is 2.21. The summed E-state index contributed by atoms with van der Waals surface area (Å²) in [6, 6.07) is 4.61. The van der Waals surface area contributed by atoms with Gasteiger partial charge in [0.15, 0.2) is 0 Å². The molecule has 0 heterocycles. The number of hydrogen-bond donors (Lipinski definition) is 0. The average Bonchev–Trinajstić information content (AvgIpc) is 2.46. The van der Waals surface area contributed by atoms with Gasteiger partial charge in [0.2, 0.25) is 0 Å². The monoisotopic (exact) mass is 310 g/mol. The van der Waals surface area contributed by atoms with Crippen molar-refractivity contribution in [3.05, 3.63) is 38.9 Å². The summed E-state index contributed by atoms with van der Waals surface area (Å²) in [4.78, 5) is 24.7. The zero-order chi connectivity index (χ0) is 15.6. The summed E-state index contributed by atoms with van der Waals surface area (Å²) in [6.07, 6.45) is 4.05. The Hall–Kier alpha value is -1.62. The first-order valence-electron chi connectivity index (χ1n) is 7.12. The molecule has 0 unspecified atom stereocenters. The van der Waals surface area contributed by atoms with E-state index in [0.29, 0.717) is 5.92 Å². The lowest BCUT2D eigenvalue weighted by Crippen LogP contribution is -2.39. The van der Waals surface area contributed by atoms with Crippen LogP contribution in [-0.2, 0) is 0 Å². The van der Waals surface area contributed by atoms with E-state index in [4.69, 9.17) is 11.6 Å². The van der Waals surface area contributed by atoms with E-state index in [1.165, 1.54) is 12.1 Å². The number of amides is 1. The van der Waals surface area contributed by atoms with Crippen LogP contribution in [0.5, 0.6) is 0 Å². The Labute approximate surface area is 129 Å². The topological polar surface area (TPSA) is 63.5 Å². The van der Waals surface area contributed by atoms with E-state index in [1.54, 1.807) is 18.0 Å². The van der Waals surface area contributed by atoms with Crippen LogP contribution in [0.3, 0.4) is 0 Å². The van der Waals surface area contributed by atoms with Gasteiger partial charge in [-0.25, -0.2) is 0 Å². The Bertz CT molecular complexity index is 554. The largest absolute Gasteiger partial charge is 0.339 e. The summed E-state index contributed by atoms with van der Waals surface area (Å²) >= 11 is 5.87. The lowest BCUT2D eigenvalue weighted by Gasteiger charge is -2.33. The number of carbonyl (C=O) groups excluding carboxylic acids is 1. The molecular formula is C15H19ClN2O3. The summed E-state index contributed by atoms with van der Waals surface area (Å²) in [5.41, 5.74) is -0.242. The fourth-order valence-electron chi connectivity index (χ4n) is 2.86. The number of nitro benzene ring substituents is 1. The fourth-order valence-corrected chi connectivity index (χ4v) is 3.10. The van der Waals surface area contributed by atoms with Gasteiger partial charge < -0.3 is 4.90 Å². The Morgan fingerprint density at radius 1 is 1.33 bits per heavy atom. The normalized spacial score (nSPS) is 21.9. The molecule has 2 rings (SSSR count).